The highest BCUT2D eigenvalue weighted by Crippen LogP contribution is 2.16. The molecule has 1 amide bonds. The largest absolute Gasteiger partial charge is 0.435 e. The van der Waals surface area contributed by atoms with Crippen LogP contribution in [-0.4, -0.2) is 30.5 Å². The summed E-state index contributed by atoms with van der Waals surface area (Å²) in [5.41, 5.74) is 1.65. The van der Waals surface area contributed by atoms with Gasteiger partial charge in [0.1, 0.15) is 5.75 Å². The lowest BCUT2D eigenvalue weighted by atomic mass is 10.1. The third-order valence-corrected chi connectivity index (χ3v) is 3.66. The van der Waals surface area contributed by atoms with Gasteiger partial charge in [0.2, 0.25) is 5.91 Å². The van der Waals surface area contributed by atoms with Crippen molar-refractivity contribution in [2.24, 2.45) is 0 Å². The molecular formula is C18H20F2N2O2. The van der Waals surface area contributed by atoms with Crippen molar-refractivity contribution < 1.29 is 18.3 Å². The molecule has 2 aromatic carbocycles. The number of anilines is 1. The number of carbonyl (C=O) groups is 1. The van der Waals surface area contributed by atoms with Crippen LogP contribution in [0.15, 0.2) is 54.6 Å². The summed E-state index contributed by atoms with van der Waals surface area (Å²) in [6.07, 6.45) is 0. The van der Waals surface area contributed by atoms with Gasteiger partial charge in [0.25, 0.3) is 0 Å². The molecule has 0 fully saturated rings. The molecule has 0 saturated heterocycles. The van der Waals surface area contributed by atoms with Crippen LogP contribution in [0.2, 0.25) is 0 Å². The third-order valence-electron chi connectivity index (χ3n) is 3.66. The van der Waals surface area contributed by atoms with E-state index in [-0.39, 0.29) is 17.7 Å². The maximum Gasteiger partial charge on any atom is 0.387 e. The van der Waals surface area contributed by atoms with Crippen molar-refractivity contribution in [2.75, 3.05) is 12.4 Å². The van der Waals surface area contributed by atoms with E-state index in [0.29, 0.717) is 6.54 Å². The Morgan fingerprint density at radius 1 is 1.12 bits per heavy atom. The first-order valence-electron chi connectivity index (χ1n) is 7.55. The van der Waals surface area contributed by atoms with Crippen molar-refractivity contribution in [3.63, 3.8) is 0 Å². The van der Waals surface area contributed by atoms with Gasteiger partial charge in [0.15, 0.2) is 0 Å². The minimum atomic E-state index is -2.83. The minimum absolute atomic E-state index is 0.110. The van der Waals surface area contributed by atoms with E-state index in [2.05, 4.69) is 10.1 Å². The molecule has 0 aromatic heterocycles. The molecule has 0 aliphatic heterocycles. The van der Waals surface area contributed by atoms with Gasteiger partial charge in [-0.1, -0.05) is 30.3 Å². The number of hydrogen-bond donors (Lipinski definition) is 1. The average Bonchev–Trinajstić information content (AvgIpc) is 2.56. The van der Waals surface area contributed by atoms with Crippen LogP contribution in [0.3, 0.4) is 0 Å². The van der Waals surface area contributed by atoms with Gasteiger partial charge in [-0.2, -0.15) is 8.78 Å². The molecule has 2 aromatic rings. The number of halogens is 2. The quantitative estimate of drug-likeness (QED) is 0.838. The Balaban J connectivity index is 1.90. The van der Waals surface area contributed by atoms with Crippen molar-refractivity contribution in [3.8, 4) is 5.75 Å². The smallest absolute Gasteiger partial charge is 0.387 e. The van der Waals surface area contributed by atoms with Crippen LogP contribution in [0, 0.1) is 0 Å². The number of nitrogens with one attached hydrogen (secondary N) is 1. The lowest BCUT2D eigenvalue weighted by molar-refractivity contribution is -0.120. The molecule has 0 saturated carbocycles. The maximum absolute atomic E-state index is 12.3. The standard InChI is InChI=1S/C18H20F2N2O2/c1-13(17(23)21-15-6-4-3-5-7-15)22(2)12-14-8-10-16(11-9-14)24-18(19)20/h3-11,13,18H,12H2,1-2H3,(H,21,23)/t13-/m1/s1. The molecule has 128 valence electrons. The second kappa shape index (κ2) is 8.40. The van der Waals surface area contributed by atoms with Crippen molar-refractivity contribution in [1.29, 1.82) is 0 Å². The number of rotatable bonds is 7. The lowest BCUT2D eigenvalue weighted by Gasteiger charge is -2.24. The first-order chi connectivity index (χ1) is 11.5. The zero-order chi connectivity index (χ0) is 17.5. The van der Waals surface area contributed by atoms with E-state index in [4.69, 9.17) is 0 Å². The topological polar surface area (TPSA) is 41.6 Å². The fourth-order valence-electron chi connectivity index (χ4n) is 2.17. The van der Waals surface area contributed by atoms with Gasteiger partial charge >= 0.3 is 6.61 Å². The maximum atomic E-state index is 12.3. The number of likely N-dealkylation sites (N-methyl/N-ethyl adjacent to an activating group) is 1. The number of benzene rings is 2. The molecule has 0 aliphatic rings. The number of para-hydroxylation sites is 1. The summed E-state index contributed by atoms with van der Waals surface area (Å²) in [4.78, 5) is 14.1. The van der Waals surface area contributed by atoms with Crippen LogP contribution in [-0.2, 0) is 11.3 Å². The highest BCUT2D eigenvalue weighted by Gasteiger charge is 2.18. The van der Waals surface area contributed by atoms with E-state index in [1.807, 2.05) is 49.2 Å². The van der Waals surface area contributed by atoms with Gasteiger partial charge in [0.05, 0.1) is 6.04 Å². The van der Waals surface area contributed by atoms with Crippen LogP contribution < -0.4 is 10.1 Å². The number of alkyl halides is 2. The highest BCUT2D eigenvalue weighted by molar-refractivity contribution is 5.94. The van der Waals surface area contributed by atoms with Crippen LogP contribution in [0.25, 0.3) is 0 Å². The van der Waals surface area contributed by atoms with Crippen molar-refractivity contribution >= 4 is 11.6 Å². The molecule has 0 unspecified atom stereocenters. The van der Waals surface area contributed by atoms with Crippen molar-refractivity contribution in [1.82, 2.24) is 4.90 Å². The van der Waals surface area contributed by atoms with Crippen LogP contribution >= 0.6 is 0 Å². The molecule has 0 bridgehead atoms. The van der Waals surface area contributed by atoms with Gasteiger partial charge in [0, 0.05) is 12.2 Å². The zero-order valence-electron chi connectivity index (χ0n) is 13.6. The summed E-state index contributed by atoms with van der Waals surface area (Å²) in [5, 5.41) is 2.86. The fourth-order valence-corrected chi connectivity index (χ4v) is 2.17. The molecule has 4 nitrogen and oxygen atoms in total. The Hall–Kier alpha value is -2.47. The summed E-state index contributed by atoms with van der Waals surface area (Å²) in [6.45, 7) is -0.509. The first-order valence-corrected chi connectivity index (χ1v) is 7.55. The monoisotopic (exact) mass is 334 g/mol. The zero-order valence-corrected chi connectivity index (χ0v) is 13.6. The number of ether oxygens (including phenoxy) is 1. The van der Waals surface area contributed by atoms with Crippen molar-refractivity contribution in [2.45, 2.75) is 26.1 Å². The molecule has 1 N–H and O–H groups in total. The van der Waals surface area contributed by atoms with Crippen LogP contribution in [0.5, 0.6) is 5.75 Å². The Labute approximate surface area is 140 Å². The second-order valence-corrected chi connectivity index (χ2v) is 5.47. The van der Waals surface area contributed by atoms with Gasteiger partial charge in [-0.3, -0.25) is 9.69 Å². The highest BCUT2D eigenvalue weighted by atomic mass is 19.3. The predicted octanol–water partition coefficient (Wildman–Crippen LogP) is 3.75. The molecule has 0 heterocycles. The van der Waals surface area contributed by atoms with Gasteiger partial charge in [-0.25, -0.2) is 0 Å². The molecule has 6 heteroatoms. The summed E-state index contributed by atoms with van der Waals surface area (Å²) >= 11 is 0. The number of nitrogens with zero attached hydrogens (tertiary/aromatic N) is 1. The molecular weight excluding hydrogens is 314 g/mol. The number of hydrogen-bond acceptors (Lipinski definition) is 3. The SMILES string of the molecule is C[C@H](C(=O)Nc1ccccc1)N(C)Cc1ccc(OC(F)F)cc1. The Kier molecular flexibility index (Phi) is 6.26. The number of amides is 1. The molecule has 2 rings (SSSR count). The van der Waals surface area contributed by atoms with E-state index in [1.54, 1.807) is 12.1 Å². The fraction of sp³-hybridized carbons (Fsp3) is 0.278. The van der Waals surface area contributed by atoms with Gasteiger partial charge in [-0.15, -0.1) is 0 Å². The first kappa shape index (κ1) is 17.9. The average molecular weight is 334 g/mol. The van der Waals surface area contributed by atoms with E-state index in [1.165, 1.54) is 12.1 Å². The van der Waals surface area contributed by atoms with Crippen LogP contribution in [0.1, 0.15) is 12.5 Å². The minimum Gasteiger partial charge on any atom is -0.435 e. The Morgan fingerprint density at radius 2 is 1.75 bits per heavy atom. The van der Waals surface area contributed by atoms with E-state index < -0.39 is 6.61 Å². The molecule has 24 heavy (non-hydrogen) atoms. The van der Waals surface area contributed by atoms with Gasteiger partial charge < -0.3 is 10.1 Å². The summed E-state index contributed by atoms with van der Waals surface area (Å²) in [6, 6.07) is 15.3. The molecule has 0 radical (unpaired) electrons. The summed E-state index contributed by atoms with van der Waals surface area (Å²) in [5.74, 6) is 0.00706. The second-order valence-electron chi connectivity index (χ2n) is 5.47. The summed E-state index contributed by atoms with van der Waals surface area (Å²) < 4.78 is 28.6. The lowest BCUT2D eigenvalue weighted by Crippen LogP contribution is -2.39. The molecule has 0 aliphatic carbocycles. The van der Waals surface area contributed by atoms with Gasteiger partial charge in [-0.05, 0) is 43.8 Å². The normalized spacial score (nSPS) is 12.2. The van der Waals surface area contributed by atoms with E-state index in [9.17, 15) is 13.6 Å². The summed E-state index contributed by atoms with van der Waals surface area (Å²) in [7, 11) is 1.83. The van der Waals surface area contributed by atoms with Crippen molar-refractivity contribution in [3.05, 3.63) is 60.2 Å². The van der Waals surface area contributed by atoms with E-state index in [0.717, 1.165) is 11.3 Å². The number of carbonyl (C=O) groups excluding carboxylic acids is 1. The van der Waals surface area contributed by atoms with Crippen LogP contribution in [0.4, 0.5) is 14.5 Å². The Bertz CT molecular complexity index is 648. The Morgan fingerprint density at radius 3 is 2.33 bits per heavy atom. The molecule has 0 spiro atoms. The van der Waals surface area contributed by atoms with E-state index >= 15 is 0 Å². The third kappa shape index (κ3) is 5.31. The molecule has 1 atom stereocenters. The predicted molar refractivity (Wildman–Crippen MR) is 89.1 cm³/mol.